The van der Waals surface area contributed by atoms with Crippen molar-refractivity contribution >= 4 is 12.3 Å². The second-order valence-corrected chi connectivity index (χ2v) is 14.8. The van der Waals surface area contributed by atoms with Gasteiger partial charge >= 0.3 is 5.97 Å². The SMILES string of the molecule is C=C(C)[C@@H]1CC[C@]2(C=O)CC[C@]3(C)[C@H](CC[C@@H]4[C@@]5(C)CCC(=C)[C@](C)(COC(C)=O)[C@@H]5CC[C@]43C)[C@@H]12. The lowest BCUT2D eigenvalue weighted by Crippen LogP contribution is -2.66. The van der Waals surface area contributed by atoms with Crippen LogP contribution < -0.4 is 0 Å². The third kappa shape index (κ3) is 3.22. The minimum atomic E-state index is -0.186. The van der Waals surface area contributed by atoms with E-state index in [0.717, 1.165) is 25.7 Å². The van der Waals surface area contributed by atoms with Gasteiger partial charge in [-0.05, 0) is 117 Å². The van der Waals surface area contributed by atoms with Gasteiger partial charge in [-0.15, -0.1) is 0 Å². The maximum Gasteiger partial charge on any atom is 0.302 e. The largest absolute Gasteiger partial charge is 0.465 e. The first-order valence-corrected chi connectivity index (χ1v) is 14.7. The maximum absolute atomic E-state index is 12.6. The molecule has 0 unspecified atom stereocenters. The van der Waals surface area contributed by atoms with Crippen molar-refractivity contribution in [2.75, 3.05) is 6.61 Å². The molecule has 5 aliphatic rings. The van der Waals surface area contributed by atoms with E-state index in [-0.39, 0.29) is 33.0 Å². The molecular formula is C33H50O3. The topological polar surface area (TPSA) is 43.4 Å². The maximum atomic E-state index is 12.6. The molecule has 36 heavy (non-hydrogen) atoms. The lowest BCUT2D eigenvalue weighted by molar-refractivity contribution is -0.232. The van der Waals surface area contributed by atoms with Gasteiger partial charge in [-0.3, -0.25) is 4.79 Å². The Morgan fingerprint density at radius 2 is 1.67 bits per heavy atom. The monoisotopic (exact) mass is 494 g/mol. The molecule has 0 amide bonds. The van der Waals surface area contributed by atoms with Crippen molar-refractivity contribution in [2.24, 2.45) is 56.7 Å². The minimum Gasteiger partial charge on any atom is -0.465 e. The highest BCUT2D eigenvalue weighted by Gasteiger charge is 2.70. The predicted molar refractivity (Wildman–Crippen MR) is 145 cm³/mol. The van der Waals surface area contributed by atoms with Crippen LogP contribution in [0.15, 0.2) is 24.3 Å². The number of carbonyl (C=O) groups is 2. The lowest BCUT2D eigenvalue weighted by atomic mass is 9.32. The summed E-state index contributed by atoms with van der Waals surface area (Å²) in [4.78, 5) is 24.4. The smallest absolute Gasteiger partial charge is 0.302 e. The van der Waals surface area contributed by atoms with Crippen LogP contribution in [0.5, 0.6) is 0 Å². The Morgan fingerprint density at radius 3 is 2.31 bits per heavy atom. The van der Waals surface area contributed by atoms with Gasteiger partial charge in [0.2, 0.25) is 0 Å². The van der Waals surface area contributed by atoms with Crippen molar-refractivity contribution in [1.82, 2.24) is 0 Å². The fourth-order valence-corrected chi connectivity index (χ4v) is 11.6. The van der Waals surface area contributed by atoms with Gasteiger partial charge in [-0.2, -0.15) is 0 Å². The second-order valence-electron chi connectivity index (χ2n) is 14.8. The summed E-state index contributed by atoms with van der Waals surface area (Å²) in [6, 6.07) is 0. The molecular weight excluding hydrogens is 444 g/mol. The van der Waals surface area contributed by atoms with Crippen molar-refractivity contribution in [2.45, 2.75) is 106 Å². The van der Waals surface area contributed by atoms with Crippen LogP contribution in [-0.4, -0.2) is 18.9 Å². The van der Waals surface area contributed by atoms with Crippen molar-refractivity contribution in [3.8, 4) is 0 Å². The van der Waals surface area contributed by atoms with E-state index in [2.05, 4.69) is 47.8 Å². The number of hydrogen-bond donors (Lipinski definition) is 0. The van der Waals surface area contributed by atoms with Crippen molar-refractivity contribution in [3.05, 3.63) is 24.3 Å². The van der Waals surface area contributed by atoms with Gasteiger partial charge in [0, 0.05) is 17.8 Å². The van der Waals surface area contributed by atoms with Gasteiger partial charge < -0.3 is 9.53 Å². The van der Waals surface area contributed by atoms with Gasteiger partial charge in [0.15, 0.2) is 0 Å². The van der Waals surface area contributed by atoms with Crippen molar-refractivity contribution in [3.63, 3.8) is 0 Å². The summed E-state index contributed by atoms with van der Waals surface area (Å²) in [7, 11) is 0. The summed E-state index contributed by atoms with van der Waals surface area (Å²) >= 11 is 0. The summed E-state index contributed by atoms with van der Waals surface area (Å²) < 4.78 is 5.68. The van der Waals surface area contributed by atoms with Gasteiger partial charge in [-0.25, -0.2) is 0 Å². The molecule has 0 spiro atoms. The first kappa shape index (κ1) is 26.2. The lowest BCUT2D eigenvalue weighted by Gasteiger charge is -2.72. The van der Waals surface area contributed by atoms with Gasteiger partial charge in [0.1, 0.15) is 12.9 Å². The molecule has 3 heteroatoms. The average molecular weight is 495 g/mol. The van der Waals surface area contributed by atoms with Crippen LogP contribution in [-0.2, 0) is 14.3 Å². The van der Waals surface area contributed by atoms with E-state index in [1.165, 1.54) is 62.9 Å². The average Bonchev–Trinajstić information content (AvgIpc) is 3.21. The molecule has 3 nitrogen and oxygen atoms in total. The molecule has 5 fully saturated rings. The predicted octanol–water partition coefficient (Wildman–Crippen LogP) is 7.94. The number of aldehydes is 1. The van der Waals surface area contributed by atoms with E-state index in [1.807, 2.05) is 0 Å². The molecule has 0 radical (unpaired) electrons. The number of rotatable bonds is 4. The third-order valence-corrected chi connectivity index (χ3v) is 13.7. The number of carbonyl (C=O) groups excluding carboxylic acids is 2. The molecule has 0 aliphatic heterocycles. The van der Waals surface area contributed by atoms with E-state index in [1.54, 1.807) is 0 Å². The number of hydrogen-bond acceptors (Lipinski definition) is 3. The van der Waals surface area contributed by atoms with Crippen LogP contribution in [0, 0.1) is 56.7 Å². The van der Waals surface area contributed by atoms with Crippen molar-refractivity contribution in [1.29, 1.82) is 0 Å². The fourth-order valence-electron chi connectivity index (χ4n) is 11.6. The quantitative estimate of drug-likeness (QED) is 0.226. The Bertz CT molecular complexity index is 981. The van der Waals surface area contributed by atoms with Gasteiger partial charge in [0.05, 0.1) is 0 Å². The van der Waals surface area contributed by atoms with Crippen LogP contribution >= 0.6 is 0 Å². The summed E-state index contributed by atoms with van der Waals surface area (Å²) in [5.41, 5.74) is 3.04. The molecule has 0 aromatic rings. The number of ether oxygens (including phenoxy) is 1. The fraction of sp³-hybridized carbons (Fsp3) is 0.818. The molecule has 0 N–H and O–H groups in total. The summed E-state index contributed by atoms with van der Waals surface area (Å²) in [6.45, 7) is 23.3. The summed E-state index contributed by atoms with van der Waals surface area (Å²) in [6.07, 6.45) is 12.9. The van der Waals surface area contributed by atoms with Crippen molar-refractivity contribution < 1.29 is 14.3 Å². The van der Waals surface area contributed by atoms with Crippen LogP contribution in [0.1, 0.15) is 106 Å². The minimum absolute atomic E-state index is 0.122. The molecule has 0 heterocycles. The highest BCUT2D eigenvalue weighted by molar-refractivity contribution is 5.66. The molecule has 0 saturated heterocycles. The van der Waals surface area contributed by atoms with Gasteiger partial charge in [-0.1, -0.05) is 52.0 Å². The van der Waals surface area contributed by atoms with Crippen LogP contribution in [0.4, 0.5) is 0 Å². The van der Waals surface area contributed by atoms with E-state index in [4.69, 9.17) is 4.74 Å². The zero-order valence-electron chi connectivity index (χ0n) is 23.9. The molecule has 0 bridgehead atoms. The Morgan fingerprint density at radius 1 is 0.944 bits per heavy atom. The zero-order chi connectivity index (χ0) is 26.3. The van der Waals surface area contributed by atoms with E-state index < -0.39 is 0 Å². The summed E-state index contributed by atoms with van der Waals surface area (Å²) in [5, 5.41) is 0. The number of allylic oxidation sites excluding steroid dienone is 1. The van der Waals surface area contributed by atoms with E-state index in [9.17, 15) is 9.59 Å². The Balaban J connectivity index is 1.52. The first-order valence-electron chi connectivity index (χ1n) is 14.7. The van der Waals surface area contributed by atoms with Crippen LogP contribution in [0.25, 0.3) is 0 Å². The Kier molecular flexibility index (Phi) is 6.05. The molecule has 10 atom stereocenters. The highest BCUT2D eigenvalue weighted by Crippen LogP contribution is 2.77. The third-order valence-electron chi connectivity index (χ3n) is 13.7. The normalized spacial score (nSPS) is 51.8. The van der Waals surface area contributed by atoms with Crippen LogP contribution in [0.3, 0.4) is 0 Å². The van der Waals surface area contributed by atoms with Crippen LogP contribution in [0.2, 0.25) is 0 Å². The second kappa shape index (κ2) is 8.31. The molecule has 5 rings (SSSR count). The zero-order valence-corrected chi connectivity index (χ0v) is 23.9. The van der Waals surface area contributed by atoms with E-state index >= 15 is 0 Å². The summed E-state index contributed by atoms with van der Waals surface area (Å²) in [5.74, 6) is 2.54. The molecule has 0 aromatic carbocycles. The number of fused-ring (bicyclic) bond motifs is 7. The first-order chi connectivity index (χ1) is 16.8. The molecule has 5 saturated carbocycles. The van der Waals surface area contributed by atoms with E-state index in [0.29, 0.717) is 36.2 Å². The Labute approximate surface area is 219 Å². The number of esters is 1. The molecule has 5 aliphatic carbocycles. The highest BCUT2D eigenvalue weighted by atomic mass is 16.5. The Hall–Kier alpha value is -1.38. The standard InChI is InChI=1S/C33H50O3/c1-21(2)24-12-16-33(19-34)18-17-31(7)25(28(24)33)9-10-27-29(5)14-11-22(3)30(6,20-36-23(4)35)26(29)13-15-32(27,31)8/h19,24-28H,1,3,9-18,20H2,2,4-8H3/t24-,25+,26+,27+,28+,29-,30-,31+,32+,33+/m0/s1. The molecule has 0 aromatic heterocycles. The molecule has 200 valence electrons. The van der Waals surface area contributed by atoms with Gasteiger partial charge in [0.25, 0.3) is 0 Å².